The van der Waals surface area contributed by atoms with E-state index in [0.717, 1.165) is 6.07 Å². The molecule has 2 aromatic carbocycles. The average molecular weight is 328 g/mol. The number of halogens is 2. The maximum atomic E-state index is 13.1. The molecule has 5 nitrogen and oxygen atoms in total. The Morgan fingerprint density at radius 3 is 2.27 bits per heavy atom. The molecule has 0 unspecified atom stereocenters. The number of carbonyl (C=O) groups is 1. The summed E-state index contributed by atoms with van der Waals surface area (Å²) in [5.41, 5.74) is 0.0700. The van der Waals surface area contributed by atoms with Gasteiger partial charge in [0.2, 0.25) is 0 Å². The minimum atomic E-state index is -4.44. The molecular weight excluding hydrogens is 318 g/mol. The highest BCUT2D eigenvalue weighted by Crippen LogP contribution is 2.21. The molecule has 2 aromatic rings. The largest absolute Gasteiger partial charge is 0.465 e. The lowest BCUT2D eigenvalue weighted by atomic mass is 10.2. The van der Waals surface area contributed by atoms with Crippen LogP contribution in [0.1, 0.15) is 10.4 Å². The first-order valence-electron chi connectivity index (χ1n) is 5.91. The molecule has 0 saturated carbocycles. The lowest BCUT2D eigenvalue weighted by Crippen LogP contribution is -2.11. The van der Waals surface area contributed by atoms with Crippen LogP contribution in [0.5, 0.6) is 5.75 Å². The monoisotopic (exact) mass is 328 g/mol. The van der Waals surface area contributed by atoms with Crippen molar-refractivity contribution in [3.63, 3.8) is 0 Å². The summed E-state index contributed by atoms with van der Waals surface area (Å²) in [6.45, 7) is 0. The van der Waals surface area contributed by atoms with E-state index in [-0.39, 0.29) is 11.3 Å². The predicted molar refractivity (Wildman–Crippen MR) is 72.0 cm³/mol. The van der Waals surface area contributed by atoms with Gasteiger partial charge in [0, 0.05) is 6.07 Å². The van der Waals surface area contributed by atoms with Crippen LogP contribution in [0.2, 0.25) is 0 Å². The van der Waals surface area contributed by atoms with Crippen LogP contribution in [0.15, 0.2) is 47.4 Å². The third kappa shape index (κ3) is 3.59. The molecule has 0 radical (unpaired) electrons. The quantitative estimate of drug-likeness (QED) is 0.637. The van der Waals surface area contributed by atoms with Gasteiger partial charge in [-0.05, 0) is 30.3 Å². The van der Waals surface area contributed by atoms with Crippen LogP contribution in [-0.4, -0.2) is 21.5 Å². The van der Waals surface area contributed by atoms with Crippen molar-refractivity contribution in [3.8, 4) is 5.75 Å². The predicted octanol–water partition coefficient (Wildman–Crippen LogP) is 2.52. The fourth-order valence-corrected chi connectivity index (χ4v) is 2.61. The zero-order valence-corrected chi connectivity index (χ0v) is 12.1. The van der Waals surface area contributed by atoms with Crippen molar-refractivity contribution in [2.45, 2.75) is 4.90 Å². The Kier molecular flexibility index (Phi) is 4.41. The summed E-state index contributed by atoms with van der Waals surface area (Å²) in [4.78, 5) is 10.7. The summed E-state index contributed by atoms with van der Waals surface area (Å²) in [7, 11) is -3.27. The molecule has 0 aliphatic rings. The third-order valence-electron chi connectivity index (χ3n) is 2.59. The first kappa shape index (κ1) is 15.9. The van der Waals surface area contributed by atoms with E-state index < -0.39 is 32.6 Å². The van der Waals surface area contributed by atoms with Crippen LogP contribution < -0.4 is 4.18 Å². The Hall–Kier alpha value is -2.48. The number of benzene rings is 2. The minimum Gasteiger partial charge on any atom is -0.465 e. The minimum absolute atomic E-state index is 0.0700. The van der Waals surface area contributed by atoms with Crippen molar-refractivity contribution < 1.29 is 30.9 Å². The maximum absolute atomic E-state index is 13.1. The molecule has 8 heteroatoms. The van der Waals surface area contributed by atoms with E-state index in [9.17, 15) is 22.0 Å². The molecule has 0 bridgehead atoms. The van der Waals surface area contributed by atoms with Crippen molar-refractivity contribution in [2.75, 3.05) is 7.11 Å². The molecular formula is C14H10F2O5S. The first-order valence-corrected chi connectivity index (χ1v) is 7.31. The second kappa shape index (κ2) is 6.10. The van der Waals surface area contributed by atoms with Gasteiger partial charge in [-0.25, -0.2) is 13.6 Å². The number of hydrogen-bond acceptors (Lipinski definition) is 5. The van der Waals surface area contributed by atoms with Gasteiger partial charge in [-0.1, -0.05) is 6.07 Å². The van der Waals surface area contributed by atoms with Crippen LogP contribution in [0.3, 0.4) is 0 Å². The van der Waals surface area contributed by atoms with Gasteiger partial charge in [0.05, 0.1) is 12.7 Å². The Morgan fingerprint density at radius 2 is 1.68 bits per heavy atom. The molecule has 0 atom stereocenters. The molecule has 0 aromatic heterocycles. The van der Waals surface area contributed by atoms with Gasteiger partial charge in [-0.2, -0.15) is 8.42 Å². The van der Waals surface area contributed by atoms with Crippen molar-refractivity contribution in [1.82, 2.24) is 0 Å². The van der Waals surface area contributed by atoms with E-state index in [0.29, 0.717) is 18.2 Å². The fraction of sp³-hybridized carbons (Fsp3) is 0.0714. The van der Waals surface area contributed by atoms with E-state index in [1.54, 1.807) is 0 Å². The molecule has 22 heavy (non-hydrogen) atoms. The van der Waals surface area contributed by atoms with E-state index in [4.69, 9.17) is 4.18 Å². The highest BCUT2D eigenvalue weighted by molar-refractivity contribution is 7.87. The van der Waals surface area contributed by atoms with Crippen molar-refractivity contribution >= 4 is 16.1 Å². The van der Waals surface area contributed by atoms with Crippen LogP contribution >= 0.6 is 0 Å². The summed E-state index contributed by atoms with van der Waals surface area (Å²) >= 11 is 0. The maximum Gasteiger partial charge on any atom is 0.339 e. The number of ether oxygens (including phenoxy) is 1. The number of methoxy groups -OCH3 is 1. The number of carbonyl (C=O) groups excluding carboxylic acids is 1. The lowest BCUT2D eigenvalue weighted by molar-refractivity contribution is 0.0600. The third-order valence-corrected chi connectivity index (χ3v) is 3.81. The molecule has 0 spiro atoms. The normalized spacial score (nSPS) is 11.0. The molecule has 0 heterocycles. The Labute approximate surface area is 125 Å². The van der Waals surface area contributed by atoms with E-state index in [1.807, 2.05) is 0 Å². The highest BCUT2D eigenvalue weighted by atomic mass is 32.2. The Bertz CT molecular complexity index is 797. The van der Waals surface area contributed by atoms with E-state index in [1.165, 1.54) is 25.3 Å². The zero-order valence-electron chi connectivity index (χ0n) is 11.2. The molecule has 0 N–H and O–H groups in total. The summed E-state index contributed by atoms with van der Waals surface area (Å²) in [5.74, 6) is -2.97. The number of rotatable bonds is 4. The SMILES string of the molecule is COC(=O)c1cccc(OS(=O)(=O)c2cc(F)cc(F)c2)c1. The summed E-state index contributed by atoms with van der Waals surface area (Å²) < 4.78 is 59.4. The molecule has 0 saturated heterocycles. The summed E-state index contributed by atoms with van der Waals surface area (Å²) in [6, 6.07) is 6.98. The lowest BCUT2D eigenvalue weighted by Gasteiger charge is -2.08. The molecule has 2 rings (SSSR count). The average Bonchev–Trinajstić information content (AvgIpc) is 2.45. The van der Waals surface area contributed by atoms with Gasteiger partial charge < -0.3 is 8.92 Å². The molecule has 0 aliphatic heterocycles. The van der Waals surface area contributed by atoms with Crippen LogP contribution in [0.25, 0.3) is 0 Å². The standard InChI is InChI=1S/C14H10F2O5S/c1-20-14(17)9-3-2-4-12(5-9)21-22(18,19)13-7-10(15)6-11(16)8-13/h2-8H,1H3. The van der Waals surface area contributed by atoms with Gasteiger partial charge >= 0.3 is 16.1 Å². The highest BCUT2D eigenvalue weighted by Gasteiger charge is 2.19. The Morgan fingerprint density at radius 1 is 1.05 bits per heavy atom. The van der Waals surface area contributed by atoms with Crippen molar-refractivity contribution in [2.24, 2.45) is 0 Å². The zero-order chi connectivity index (χ0) is 16.3. The summed E-state index contributed by atoms with van der Waals surface area (Å²) in [6.07, 6.45) is 0. The van der Waals surface area contributed by atoms with Gasteiger partial charge in [0.1, 0.15) is 22.3 Å². The van der Waals surface area contributed by atoms with E-state index >= 15 is 0 Å². The van der Waals surface area contributed by atoms with Gasteiger partial charge in [0.25, 0.3) is 0 Å². The first-order chi connectivity index (χ1) is 10.3. The van der Waals surface area contributed by atoms with Crippen LogP contribution in [-0.2, 0) is 14.9 Å². The fourth-order valence-electron chi connectivity index (χ4n) is 1.64. The number of esters is 1. The van der Waals surface area contributed by atoms with Gasteiger partial charge in [-0.3, -0.25) is 0 Å². The van der Waals surface area contributed by atoms with Crippen molar-refractivity contribution in [3.05, 3.63) is 59.7 Å². The smallest absolute Gasteiger partial charge is 0.339 e. The Balaban J connectivity index is 2.34. The topological polar surface area (TPSA) is 69.7 Å². The molecule has 0 amide bonds. The number of hydrogen-bond donors (Lipinski definition) is 0. The van der Waals surface area contributed by atoms with Gasteiger partial charge in [0.15, 0.2) is 0 Å². The van der Waals surface area contributed by atoms with Crippen LogP contribution in [0, 0.1) is 11.6 Å². The summed E-state index contributed by atoms with van der Waals surface area (Å²) in [5, 5.41) is 0. The van der Waals surface area contributed by atoms with Gasteiger partial charge in [-0.15, -0.1) is 0 Å². The van der Waals surface area contributed by atoms with Crippen LogP contribution in [0.4, 0.5) is 8.78 Å². The second-order valence-corrected chi connectivity index (χ2v) is 5.71. The van der Waals surface area contributed by atoms with Crippen molar-refractivity contribution in [1.29, 1.82) is 0 Å². The second-order valence-electron chi connectivity index (χ2n) is 4.16. The molecule has 0 aliphatic carbocycles. The molecule has 116 valence electrons. The van der Waals surface area contributed by atoms with E-state index in [2.05, 4.69) is 4.74 Å². The molecule has 0 fully saturated rings.